The van der Waals surface area contributed by atoms with E-state index in [0.29, 0.717) is 11.0 Å². The smallest absolute Gasteiger partial charge is 0.195 e. The SMILES string of the molecule is COC(OC)C1CSC(C)(C)N1.COC(OC)C1CSC(c2nc3ccc(NCCCO)cc3s2)=N1.N#Cc1nc2ccc(NCCCO)cc2s1. The van der Waals surface area contributed by atoms with Crippen molar-refractivity contribution in [2.75, 3.05) is 76.9 Å². The van der Waals surface area contributed by atoms with Crippen LogP contribution >= 0.6 is 46.2 Å². The molecule has 2 aromatic carbocycles. The standard InChI is InChI=1S/C16H21N3O3S2.C11H11N3OS.C8H17NO2S/c1-21-16(22-2)12-9-23-14(19-12)15-18-11-5-4-10(8-13(11)24-15)17-6-3-7-20;12-7-11-14-9-3-2-8(6-10(9)16-11)13-4-1-5-15;1-8(2)9-6(5-12-8)7(10-3)11-4/h4-5,8,12,16-17,20H,3,6-7,9H2,1-2H3;2-3,6,13,15H,1,4-5H2;6-7,9H,5H2,1-4H3. The van der Waals surface area contributed by atoms with Crippen LogP contribution in [0.4, 0.5) is 11.4 Å². The third-order valence-electron chi connectivity index (χ3n) is 7.79. The number of rotatable bonds is 15. The Balaban J connectivity index is 0.000000187. The van der Waals surface area contributed by atoms with Gasteiger partial charge in [0.25, 0.3) is 0 Å². The first-order chi connectivity index (χ1) is 25.2. The average Bonchev–Trinajstić information content (AvgIpc) is 3.96. The Morgan fingerprint density at radius 3 is 1.96 bits per heavy atom. The molecule has 4 aromatic rings. The van der Waals surface area contributed by atoms with E-state index in [9.17, 15) is 0 Å². The molecule has 1 fully saturated rings. The molecule has 6 rings (SSSR count). The molecule has 0 bridgehead atoms. The molecule has 17 heteroatoms. The zero-order chi connectivity index (χ0) is 37.5. The molecule has 13 nitrogen and oxygen atoms in total. The van der Waals surface area contributed by atoms with Crippen molar-refractivity contribution in [3.8, 4) is 6.07 Å². The van der Waals surface area contributed by atoms with Crippen molar-refractivity contribution in [3.05, 3.63) is 46.4 Å². The van der Waals surface area contributed by atoms with Gasteiger partial charge in [0.15, 0.2) is 17.6 Å². The van der Waals surface area contributed by atoms with Crippen molar-refractivity contribution in [1.29, 1.82) is 5.26 Å². The molecule has 2 aliphatic heterocycles. The second-order valence-corrected chi connectivity index (χ2v) is 16.8. The number of aromatic nitrogens is 2. The van der Waals surface area contributed by atoms with Crippen molar-refractivity contribution in [1.82, 2.24) is 15.3 Å². The van der Waals surface area contributed by atoms with E-state index < -0.39 is 0 Å². The molecule has 0 radical (unpaired) electrons. The topological polar surface area (TPSA) is 175 Å². The second kappa shape index (κ2) is 21.3. The van der Waals surface area contributed by atoms with Crippen LogP contribution < -0.4 is 16.0 Å². The summed E-state index contributed by atoms with van der Waals surface area (Å²) in [6.45, 7) is 6.22. The zero-order valence-corrected chi connectivity index (χ0v) is 33.6. The maximum atomic E-state index is 8.86. The van der Waals surface area contributed by atoms with Gasteiger partial charge in [-0.3, -0.25) is 10.3 Å². The first kappa shape index (κ1) is 42.1. The van der Waals surface area contributed by atoms with Crippen molar-refractivity contribution in [2.24, 2.45) is 4.99 Å². The van der Waals surface area contributed by atoms with Crippen molar-refractivity contribution < 1.29 is 29.2 Å². The number of nitrogens with one attached hydrogen (secondary N) is 3. The number of nitriles is 1. The van der Waals surface area contributed by atoms with Gasteiger partial charge in [0.05, 0.1) is 31.3 Å². The number of benzene rings is 2. The molecule has 52 heavy (non-hydrogen) atoms. The van der Waals surface area contributed by atoms with Crippen molar-refractivity contribution >= 4 is 83.0 Å². The number of thioether (sulfide) groups is 2. The van der Waals surface area contributed by atoms with Gasteiger partial charge in [-0.1, -0.05) is 0 Å². The van der Waals surface area contributed by atoms with Gasteiger partial charge in [0, 0.05) is 77.6 Å². The van der Waals surface area contributed by atoms with Gasteiger partial charge < -0.3 is 39.8 Å². The lowest BCUT2D eigenvalue weighted by Crippen LogP contribution is -2.45. The van der Waals surface area contributed by atoms with Crippen LogP contribution in [0.2, 0.25) is 0 Å². The maximum absolute atomic E-state index is 8.86. The highest BCUT2D eigenvalue weighted by Gasteiger charge is 2.35. The number of aliphatic hydroxyl groups excluding tert-OH is 2. The minimum absolute atomic E-state index is 0.00252. The van der Waals surface area contributed by atoms with Crippen molar-refractivity contribution in [2.45, 2.75) is 56.2 Å². The summed E-state index contributed by atoms with van der Waals surface area (Å²) in [6, 6.07) is 14.3. The molecule has 0 saturated carbocycles. The molecule has 284 valence electrons. The molecule has 2 unspecified atom stereocenters. The fourth-order valence-electron chi connectivity index (χ4n) is 5.29. The molecule has 0 amide bonds. The molecular weight excluding hydrogens is 743 g/mol. The summed E-state index contributed by atoms with van der Waals surface area (Å²) in [5.41, 5.74) is 3.87. The quantitative estimate of drug-likeness (QED) is 0.0746. The van der Waals surface area contributed by atoms with E-state index in [-0.39, 0.29) is 36.7 Å². The third kappa shape index (κ3) is 12.2. The number of aliphatic hydroxyl groups is 2. The summed E-state index contributed by atoms with van der Waals surface area (Å²) in [5.74, 6) is 1.88. The third-order valence-corrected chi connectivity index (χ3v) is 12.3. The summed E-state index contributed by atoms with van der Waals surface area (Å²) in [5, 5.41) is 38.6. The normalized spacial score (nSPS) is 17.8. The highest BCUT2D eigenvalue weighted by atomic mass is 32.2. The molecule has 2 aromatic heterocycles. The lowest BCUT2D eigenvalue weighted by atomic mass is 10.3. The number of nitrogens with zero attached hydrogens (tertiary/aromatic N) is 4. The summed E-state index contributed by atoms with van der Waals surface area (Å²) >= 11 is 6.62. The van der Waals surface area contributed by atoms with Gasteiger partial charge in [-0.15, -0.1) is 46.2 Å². The van der Waals surface area contributed by atoms with Crippen LogP contribution in [0.1, 0.15) is 36.7 Å². The van der Waals surface area contributed by atoms with Crippen LogP contribution in [0.3, 0.4) is 0 Å². The molecule has 4 heterocycles. The van der Waals surface area contributed by atoms with E-state index in [4.69, 9.17) is 44.4 Å². The first-order valence-corrected chi connectivity index (χ1v) is 20.4. The fourth-order valence-corrected chi connectivity index (χ4v) is 9.30. The predicted octanol–water partition coefficient (Wildman–Crippen LogP) is 5.58. The van der Waals surface area contributed by atoms with Gasteiger partial charge in [-0.25, -0.2) is 9.97 Å². The molecule has 0 aliphatic carbocycles. The summed E-state index contributed by atoms with van der Waals surface area (Å²) in [7, 11) is 6.61. The molecule has 1 saturated heterocycles. The van der Waals surface area contributed by atoms with Crippen LogP contribution in [-0.2, 0) is 18.9 Å². The van der Waals surface area contributed by atoms with Crippen LogP contribution in [0.5, 0.6) is 0 Å². The highest BCUT2D eigenvalue weighted by molar-refractivity contribution is 8.15. The minimum atomic E-state index is -0.313. The number of fused-ring (bicyclic) bond motifs is 2. The van der Waals surface area contributed by atoms with E-state index >= 15 is 0 Å². The lowest BCUT2D eigenvalue weighted by molar-refractivity contribution is -0.118. The van der Waals surface area contributed by atoms with Crippen LogP contribution in [0.25, 0.3) is 20.4 Å². The fraction of sp³-hybridized carbons (Fsp3) is 0.543. The molecule has 5 N–H and O–H groups in total. The number of aliphatic imine (C=N–C) groups is 1. The summed E-state index contributed by atoms with van der Waals surface area (Å²) < 4.78 is 23.1. The Labute approximate surface area is 321 Å². The average molecular weight is 792 g/mol. The number of ether oxygens (including phenoxy) is 4. The molecular formula is C35H49N7O6S4. The van der Waals surface area contributed by atoms with Gasteiger partial charge in [-0.05, 0) is 63.1 Å². The van der Waals surface area contributed by atoms with E-state index in [1.807, 2.05) is 48.2 Å². The summed E-state index contributed by atoms with van der Waals surface area (Å²) in [6.07, 6.45) is 1.02. The molecule has 2 aliphatic rings. The Hall–Kier alpha value is -2.60. The Bertz CT molecular complexity index is 1760. The zero-order valence-electron chi connectivity index (χ0n) is 30.4. The van der Waals surface area contributed by atoms with Crippen LogP contribution in [0.15, 0.2) is 41.4 Å². The van der Waals surface area contributed by atoms with Gasteiger partial charge >= 0.3 is 0 Å². The van der Waals surface area contributed by atoms with Crippen LogP contribution in [0, 0.1) is 11.3 Å². The lowest BCUT2D eigenvalue weighted by Gasteiger charge is -2.23. The highest BCUT2D eigenvalue weighted by Crippen LogP contribution is 2.33. The van der Waals surface area contributed by atoms with E-state index in [2.05, 4.69) is 40.8 Å². The summed E-state index contributed by atoms with van der Waals surface area (Å²) in [4.78, 5) is 13.7. The monoisotopic (exact) mass is 791 g/mol. The van der Waals surface area contributed by atoms with Gasteiger partial charge in [0.1, 0.15) is 22.2 Å². The van der Waals surface area contributed by atoms with Crippen LogP contribution in [-0.4, -0.2) is 121 Å². The number of methoxy groups -OCH3 is 4. The van der Waals surface area contributed by atoms with Gasteiger partial charge in [-0.2, -0.15) is 5.26 Å². The second-order valence-electron chi connectivity index (χ2n) is 12.1. The predicted molar refractivity (Wildman–Crippen MR) is 216 cm³/mol. The van der Waals surface area contributed by atoms with Gasteiger partial charge in [0.2, 0.25) is 0 Å². The molecule has 2 atom stereocenters. The van der Waals surface area contributed by atoms with Crippen molar-refractivity contribution in [3.63, 3.8) is 0 Å². The Morgan fingerprint density at radius 2 is 1.44 bits per heavy atom. The number of anilines is 2. The number of hydrogen-bond donors (Lipinski definition) is 5. The number of hydrogen-bond acceptors (Lipinski definition) is 17. The molecule has 0 spiro atoms. The largest absolute Gasteiger partial charge is 0.396 e. The first-order valence-electron chi connectivity index (χ1n) is 16.8. The number of thiazole rings is 2. The van der Waals surface area contributed by atoms with E-state index in [1.165, 1.54) is 11.3 Å². The minimum Gasteiger partial charge on any atom is -0.396 e. The van der Waals surface area contributed by atoms with E-state index in [1.54, 1.807) is 51.5 Å². The van der Waals surface area contributed by atoms with E-state index in [0.717, 1.165) is 79.3 Å². The maximum Gasteiger partial charge on any atom is 0.195 e. The Morgan fingerprint density at radius 1 is 0.865 bits per heavy atom. The Kier molecular flexibility index (Phi) is 17.3.